The summed E-state index contributed by atoms with van der Waals surface area (Å²) in [4.78, 5) is 19.3. The maximum Gasteiger partial charge on any atom is 0.191 e. The van der Waals surface area contributed by atoms with Gasteiger partial charge in [0, 0.05) is 57.0 Å². The zero-order chi connectivity index (χ0) is 19.1. The smallest absolute Gasteiger partial charge is 0.191 e. The van der Waals surface area contributed by atoms with E-state index >= 15 is 0 Å². The van der Waals surface area contributed by atoms with Crippen molar-refractivity contribution in [3.63, 3.8) is 0 Å². The molecule has 28 heavy (non-hydrogen) atoms. The molecule has 154 valence electrons. The molecule has 1 saturated heterocycles. The Kier molecular flexibility index (Phi) is 9.39. The Morgan fingerprint density at radius 1 is 1.11 bits per heavy atom. The van der Waals surface area contributed by atoms with Crippen LogP contribution in [0.25, 0.3) is 0 Å². The lowest BCUT2D eigenvalue weighted by Gasteiger charge is -2.34. The van der Waals surface area contributed by atoms with E-state index in [4.69, 9.17) is 0 Å². The van der Waals surface area contributed by atoms with Crippen LogP contribution in [0.5, 0.6) is 0 Å². The van der Waals surface area contributed by atoms with Gasteiger partial charge in [0.2, 0.25) is 0 Å². The number of pyridine rings is 1. The van der Waals surface area contributed by atoms with Crippen molar-refractivity contribution in [2.24, 2.45) is 4.99 Å². The van der Waals surface area contributed by atoms with Gasteiger partial charge in [-0.1, -0.05) is 13.0 Å². The maximum absolute atomic E-state index is 4.65. The highest BCUT2D eigenvalue weighted by Gasteiger charge is 2.16. The molecular weight excluding hydrogens is 485 g/mol. The van der Waals surface area contributed by atoms with Crippen molar-refractivity contribution in [2.45, 2.75) is 26.9 Å². The fourth-order valence-electron chi connectivity index (χ4n) is 3.05. The number of guanidine groups is 1. The third kappa shape index (κ3) is 6.56. The number of nitrogens with one attached hydrogen (secondary N) is 2. The molecule has 0 saturated carbocycles. The van der Waals surface area contributed by atoms with Gasteiger partial charge < -0.3 is 20.4 Å². The first-order valence-electron chi connectivity index (χ1n) is 9.46. The summed E-state index contributed by atoms with van der Waals surface area (Å²) in [6, 6.07) is 4.26. The Morgan fingerprint density at radius 3 is 2.43 bits per heavy atom. The van der Waals surface area contributed by atoms with E-state index in [0.29, 0.717) is 13.1 Å². The van der Waals surface area contributed by atoms with Crippen LogP contribution in [-0.2, 0) is 13.1 Å². The number of thiazole rings is 1. The van der Waals surface area contributed by atoms with Crippen molar-refractivity contribution >= 4 is 47.1 Å². The van der Waals surface area contributed by atoms with Crippen molar-refractivity contribution in [3.05, 3.63) is 40.0 Å². The van der Waals surface area contributed by atoms with E-state index in [1.54, 1.807) is 18.4 Å². The minimum Gasteiger partial charge on any atom is -0.354 e. The molecule has 1 aliphatic rings. The van der Waals surface area contributed by atoms with Crippen LogP contribution >= 0.6 is 35.3 Å². The molecule has 0 bridgehead atoms. The van der Waals surface area contributed by atoms with Crippen LogP contribution in [0.3, 0.4) is 0 Å². The summed E-state index contributed by atoms with van der Waals surface area (Å²) in [6.45, 7) is 11.1. The van der Waals surface area contributed by atoms with Crippen molar-refractivity contribution in [2.75, 3.05) is 44.7 Å². The summed E-state index contributed by atoms with van der Waals surface area (Å²) in [7, 11) is 1.78. The molecule has 0 aromatic carbocycles. The molecule has 0 unspecified atom stereocenters. The molecule has 3 heterocycles. The van der Waals surface area contributed by atoms with Crippen LogP contribution < -0.4 is 15.5 Å². The number of aromatic nitrogens is 2. The van der Waals surface area contributed by atoms with Crippen LogP contribution in [0.2, 0.25) is 0 Å². The van der Waals surface area contributed by atoms with Crippen molar-refractivity contribution in [1.82, 2.24) is 25.5 Å². The molecule has 3 rings (SSSR count). The molecule has 0 atom stereocenters. The number of rotatable bonds is 6. The number of anilines is 1. The lowest BCUT2D eigenvalue weighted by Crippen LogP contribution is -2.46. The number of aliphatic imine (C=N–C) groups is 1. The van der Waals surface area contributed by atoms with Gasteiger partial charge in [0.15, 0.2) is 5.96 Å². The van der Waals surface area contributed by atoms with Gasteiger partial charge in [-0.25, -0.2) is 9.97 Å². The van der Waals surface area contributed by atoms with Crippen LogP contribution in [0.15, 0.2) is 29.5 Å². The van der Waals surface area contributed by atoms with E-state index in [1.165, 1.54) is 4.88 Å². The summed E-state index contributed by atoms with van der Waals surface area (Å²) >= 11 is 1.70. The van der Waals surface area contributed by atoms with Crippen LogP contribution in [0.1, 0.15) is 22.4 Å². The number of likely N-dealkylation sites (N-methyl/N-ethyl adjacent to an activating group) is 1. The van der Waals surface area contributed by atoms with Crippen LogP contribution in [-0.4, -0.2) is 60.6 Å². The van der Waals surface area contributed by atoms with E-state index in [9.17, 15) is 0 Å². The standard InChI is InChI=1S/C19H29N7S.HI/c1-4-25-7-9-26(10-8-25)17-6-5-16(12-21-17)13-23-19(20-3)24-14-18-22-11-15(2)27-18;/h5-6,11-12H,4,7-10,13-14H2,1-3H3,(H2,20,23,24);1H. The second-order valence-corrected chi connectivity index (χ2v) is 7.91. The lowest BCUT2D eigenvalue weighted by molar-refractivity contribution is 0.270. The molecule has 2 aromatic rings. The van der Waals surface area contributed by atoms with Gasteiger partial charge in [0.25, 0.3) is 0 Å². The van der Waals surface area contributed by atoms with E-state index < -0.39 is 0 Å². The number of hydrogen-bond acceptors (Lipinski definition) is 6. The topological polar surface area (TPSA) is 68.7 Å². The lowest BCUT2D eigenvalue weighted by atomic mass is 10.2. The summed E-state index contributed by atoms with van der Waals surface area (Å²) in [5.41, 5.74) is 1.14. The van der Waals surface area contributed by atoms with Gasteiger partial charge in [-0.3, -0.25) is 4.99 Å². The first-order valence-corrected chi connectivity index (χ1v) is 10.3. The quantitative estimate of drug-likeness (QED) is 0.350. The van der Waals surface area contributed by atoms with Crippen molar-refractivity contribution < 1.29 is 0 Å². The van der Waals surface area contributed by atoms with Gasteiger partial charge in [0.05, 0.1) is 6.54 Å². The second-order valence-electron chi connectivity index (χ2n) is 6.59. The Morgan fingerprint density at radius 2 is 1.86 bits per heavy atom. The maximum atomic E-state index is 4.65. The van der Waals surface area contributed by atoms with E-state index in [0.717, 1.165) is 55.1 Å². The molecule has 1 fully saturated rings. The fraction of sp³-hybridized carbons (Fsp3) is 0.526. The Bertz CT molecular complexity index is 739. The first-order chi connectivity index (χ1) is 13.2. The van der Waals surface area contributed by atoms with Gasteiger partial charge >= 0.3 is 0 Å². The molecule has 7 nitrogen and oxygen atoms in total. The first kappa shape index (κ1) is 22.8. The van der Waals surface area contributed by atoms with Crippen molar-refractivity contribution in [1.29, 1.82) is 0 Å². The highest BCUT2D eigenvalue weighted by atomic mass is 127. The normalized spacial score (nSPS) is 15.2. The average Bonchev–Trinajstić information content (AvgIpc) is 3.14. The Labute approximate surface area is 188 Å². The van der Waals surface area contributed by atoms with E-state index in [2.05, 4.69) is 61.4 Å². The predicted molar refractivity (Wildman–Crippen MR) is 128 cm³/mol. The molecule has 0 amide bonds. The third-order valence-electron chi connectivity index (χ3n) is 4.71. The Balaban J connectivity index is 0.00000280. The van der Waals surface area contributed by atoms with Crippen LogP contribution in [0.4, 0.5) is 5.82 Å². The SMILES string of the molecule is CCN1CCN(c2ccc(CNC(=NC)NCc3ncc(C)s3)cn2)CC1.I. The number of nitrogens with zero attached hydrogens (tertiary/aromatic N) is 5. The highest BCUT2D eigenvalue weighted by molar-refractivity contribution is 14.0. The summed E-state index contributed by atoms with van der Waals surface area (Å²) in [5.74, 6) is 1.83. The van der Waals surface area contributed by atoms with E-state index in [-0.39, 0.29) is 24.0 Å². The van der Waals surface area contributed by atoms with E-state index in [1.807, 2.05) is 12.4 Å². The molecule has 0 radical (unpaired) electrons. The fourth-order valence-corrected chi connectivity index (χ4v) is 3.78. The molecular formula is C19H30IN7S. The highest BCUT2D eigenvalue weighted by Crippen LogP contribution is 2.14. The van der Waals surface area contributed by atoms with Gasteiger partial charge in [-0.2, -0.15) is 0 Å². The molecule has 0 aliphatic carbocycles. The van der Waals surface area contributed by atoms with Gasteiger partial charge in [0.1, 0.15) is 10.8 Å². The van der Waals surface area contributed by atoms with Gasteiger partial charge in [-0.15, -0.1) is 35.3 Å². The number of hydrogen-bond donors (Lipinski definition) is 2. The average molecular weight is 515 g/mol. The monoisotopic (exact) mass is 515 g/mol. The Hall–Kier alpha value is -1.46. The molecule has 2 N–H and O–H groups in total. The minimum atomic E-state index is 0. The van der Waals surface area contributed by atoms with Gasteiger partial charge in [-0.05, 0) is 25.1 Å². The number of piperazine rings is 1. The zero-order valence-corrected chi connectivity index (χ0v) is 20.0. The number of halogens is 1. The predicted octanol–water partition coefficient (Wildman–Crippen LogP) is 2.47. The molecule has 9 heteroatoms. The number of aryl methyl sites for hydroxylation is 1. The third-order valence-corrected chi connectivity index (χ3v) is 5.63. The summed E-state index contributed by atoms with van der Waals surface area (Å²) in [5, 5.41) is 7.69. The van der Waals surface area contributed by atoms with Crippen LogP contribution in [0, 0.1) is 6.92 Å². The zero-order valence-electron chi connectivity index (χ0n) is 16.8. The molecule has 0 spiro atoms. The summed E-state index contributed by atoms with van der Waals surface area (Å²) in [6.07, 6.45) is 3.85. The summed E-state index contributed by atoms with van der Waals surface area (Å²) < 4.78 is 0. The molecule has 1 aliphatic heterocycles. The minimum absolute atomic E-state index is 0. The molecule has 2 aromatic heterocycles. The largest absolute Gasteiger partial charge is 0.354 e. The second kappa shape index (κ2) is 11.5. The van der Waals surface area contributed by atoms with Crippen molar-refractivity contribution in [3.8, 4) is 0 Å².